The topological polar surface area (TPSA) is 78.7 Å². The van der Waals surface area contributed by atoms with Crippen LogP contribution < -0.4 is 0 Å². The van der Waals surface area contributed by atoms with Crippen molar-refractivity contribution in [2.45, 2.75) is 19.6 Å². The fourth-order valence-corrected chi connectivity index (χ4v) is 4.30. The minimum Gasteiger partial charge on any atom is -0.462 e. The Bertz CT molecular complexity index is 998. The summed E-state index contributed by atoms with van der Waals surface area (Å²) in [4.78, 5) is 19.4. The van der Waals surface area contributed by atoms with E-state index in [1.807, 2.05) is 42.8 Å². The predicted octanol–water partition coefficient (Wildman–Crippen LogP) is 3.02. The number of likely N-dealkylation sites (N-methyl/N-ethyl adjacent to an activating group) is 1. The molecule has 0 aliphatic carbocycles. The Balaban J connectivity index is 1.60. The molecule has 0 unspecified atom stereocenters. The number of carbonyl (C=O) groups is 1. The van der Waals surface area contributed by atoms with Gasteiger partial charge in [0.15, 0.2) is 0 Å². The van der Waals surface area contributed by atoms with Crippen LogP contribution >= 0.6 is 11.3 Å². The summed E-state index contributed by atoms with van der Waals surface area (Å²) in [5.74, 6) is -0.380. The largest absolute Gasteiger partial charge is 0.462 e. The number of nitrogens with zero attached hydrogens (tertiary/aromatic N) is 4. The zero-order valence-corrected chi connectivity index (χ0v) is 18.5. The molecule has 3 aromatic rings. The molecule has 8 nitrogen and oxygen atoms in total. The maximum Gasteiger partial charge on any atom is 0.341 e. The normalized spacial score (nSPS) is 16.5. The van der Waals surface area contributed by atoms with E-state index >= 15 is 0 Å². The van der Waals surface area contributed by atoms with E-state index in [4.69, 9.17) is 19.2 Å². The molecule has 1 aliphatic heterocycles. The summed E-state index contributed by atoms with van der Waals surface area (Å²) in [6.07, 6.45) is 1.57. The Morgan fingerprint density at radius 2 is 2.16 bits per heavy atom. The zero-order chi connectivity index (χ0) is 21.6. The standard InChI is InChI=1S/C22H26N4O4S/c1-3-29-21(27)18-11-23-26(20(18)13-25(2)12-17-14-28-9-10-30-17)22-24-19(15-31-22)16-7-5-4-6-8-16/h4-8,11,15,17H,3,9-10,12-14H2,1-2H3/t17-/m1/s1. The van der Waals surface area contributed by atoms with Crippen LogP contribution in [0, 0.1) is 0 Å². The first-order chi connectivity index (χ1) is 15.2. The third kappa shape index (κ3) is 5.19. The van der Waals surface area contributed by atoms with E-state index in [0.717, 1.165) is 17.0 Å². The number of benzene rings is 1. The van der Waals surface area contributed by atoms with Gasteiger partial charge >= 0.3 is 5.97 Å². The first-order valence-corrected chi connectivity index (χ1v) is 11.2. The first kappa shape index (κ1) is 21.6. The van der Waals surface area contributed by atoms with Crippen molar-refractivity contribution in [3.63, 3.8) is 0 Å². The predicted molar refractivity (Wildman–Crippen MR) is 118 cm³/mol. The minimum atomic E-state index is -0.380. The molecule has 2 aromatic heterocycles. The van der Waals surface area contributed by atoms with Crippen molar-refractivity contribution in [3.05, 3.63) is 53.2 Å². The lowest BCUT2D eigenvalue weighted by Gasteiger charge is -2.27. The molecular formula is C22H26N4O4S. The summed E-state index contributed by atoms with van der Waals surface area (Å²) in [6, 6.07) is 9.99. The highest BCUT2D eigenvalue weighted by molar-refractivity contribution is 7.12. The second kappa shape index (κ2) is 10.1. The van der Waals surface area contributed by atoms with Crippen LogP contribution in [0.15, 0.2) is 41.9 Å². The summed E-state index contributed by atoms with van der Waals surface area (Å²) in [7, 11) is 1.99. The number of hydrogen-bond acceptors (Lipinski definition) is 8. The van der Waals surface area contributed by atoms with Crippen molar-refractivity contribution in [3.8, 4) is 16.4 Å². The van der Waals surface area contributed by atoms with Gasteiger partial charge in [0, 0.05) is 24.0 Å². The fraction of sp³-hybridized carbons (Fsp3) is 0.409. The molecule has 1 atom stereocenters. The van der Waals surface area contributed by atoms with Crippen LogP contribution in [0.4, 0.5) is 0 Å². The Labute approximate surface area is 185 Å². The molecule has 9 heteroatoms. The molecule has 0 spiro atoms. The van der Waals surface area contributed by atoms with E-state index in [1.54, 1.807) is 17.8 Å². The van der Waals surface area contributed by atoms with Gasteiger partial charge in [0.25, 0.3) is 0 Å². The molecular weight excluding hydrogens is 416 g/mol. The van der Waals surface area contributed by atoms with Crippen molar-refractivity contribution in [2.24, 2.45) is 0 Å². The quantitative estimate of drug-likeness (QED) is 0.496. The van der Waals surface area contributed by atoms with Crippen LogP contribution in [-0.4, -0.2) is 71.8 Å². The Hall–Kier alpha value is -2.59. The van der Waals surface area contributed by atoms with Gasteiger partial charge in [-0.2, -0.15) is 5.10 Å². The summed E-state index contributed by atoms with van der Waals surface area (Å²) < 4.78 is 18.2. The minimum absolute atomic E-state index is 0.00529. The second-order valence-electron chi connectivity index (χ2n) is 7.28. The van der Waals surface area contributed by atoms with Crippen molar-refractivity contribution in [1.82, 2.24) is 19.7 Å². The van der Waals surface area contributed by atoms with E-state index in [9.17, 15) is 4.79 Å². The number of rotatable bonds is 8. The molecule has 1 aliphatic rings. The van der Waals surface area contributed by atoms with Gasteiger partial charge in [-0.1, -0.05) is 30.3 Å². The highest BCUT2D eigenvalue weighted by atomic mass is 32.1. The molecule has 0 saturated carbocycles. The van der Waals surface area contributed by atoms with Gasteiger partial charge in [-0.05, 0) is 14.0 Å². The Morgan fingerprint density at radius 3 is 2.90 bits per heavy atom. The summed E-state index contributed by atoms with van der Waals surface area (Å²) in [5, 5.41) is 7.18. The average molecular weight is 443 g/mol. The smallest absolute Gasteiger partial charge is 0.341 e. The van der Waals surface area contributed by atoms with Crippen molar-refractivity contribution in [2.75, 3.05) is 40.0 Å². The lowest BCUT2D eigenvalue weighted by Crippen LogP contribution is -2.38. The molecule has 1 aromatic carbocycles. The number of ether oxygens (including phenoxy) is 3. The second-order valence-corrected chi connectivity index (χ2v) is 8.12. The molecule has 164 valence electrons. The van der Waals surface area contributed by atoms with Crippen molar-refractivity contribution < 1.29 is 19.0 Å². The van der Waals surface area contributed by atoms with Crippen LogP contribution in [0.5, 0.6) is 0 Å². The van der Waals surface area contributed by atoms with Gasteiger partial charge in [-0.3, -0.25) is 4.90 Å². The van der Waals surface area contributed by atoms with E-state index in [1.165, 1.54) is 11.3 Å². The number of aromatic nitrogens is 3. The first-order valence-electron chi connectivity index (χ1n) is 10.3. The zero-order valence-electron chi connectivity index (χ0n) is 17.7. The average Bonchev–Trinajstić information content (AvgIpc) is 3.42. The molecule has 3 heterocycles. The van der Waals surface area contributed by atoms with Crippen LogP contribution in [-0.2, 0) is 20.8 Å². The molecule has 0 N–H and O–H groups in total. The number of thiazole rings is 1. The highest BCUT2D eigenvalue weighted by Gasteiger charge is 2.24. The molecule has 1 saturated heterocycles. The Morgan fingerprint density at radius 1 is 1.32 bits per heavy atom. The summed E-state index contributed by atoms with van der Waals surface area (Å²) in [5.41, 5.74) is 3.11. The van der Waals surface area contributed by atoms with Crippen molar-refractivity contribution >= 4 is 17.3 Å². The lowest BCUT2D eigenvalue weighted by atomic mass is 10.2. The summed E-state index contributed by atoms with van der Waals surface area (Å²) in [6.45, 7) is 5.08. The molecule has 31 heavy (non-hydrogen) atoms. The van der Waals surface area contributed by atoms with Crippen LogP contribution in [0.25, 0.3) is 16.4 Å². The van der Waals surface area contributed by atoms with Gasteiger partial charge in [0.1, 0.15) is 5.56 Å². The number of carbonyl (C=O) groups excluding carboxylic acids is 1. The van der Waals surface area contributed by atoms with Gasteiger partial charge in [-0.25, -0.2) is 14.5 Å². The van der Waals surface area contributed by atoms with Crippen LogP contribution in [0.3, 0.4) is 0 Å². The fourth-order valence-electron chi connectivity index (χ4n) is 3.48. The highest BCUT2D eigenvalue weighted by Crippen LogP contribution is 2.26. The van der Waals surface area contributed by atoms with Crippen molar-refractivity contribution in [1.29, 1.82) is 0 Å². The third-order valence-corrected chi connectivity index (χ3v) is 5.74. The number of hydrogen-bond donors (Lipinski definition) is 0. The summed E-state index contributed by atoms with van der Waals surface area (Å²) >= 11 is 1.49. The SMILES string of the molecule is CCOC(=O)c1cnn(-c2nc(-c3ccccc3)cs2)c1CN(C)C[C@@H]1COCCO1. The molecule has 0 bridgehead atoms. The van der Waals surface area contributed by atoms with Gasteiger partial charge < -0.3 is 14.2 Å². The van der Waals surface area contributed by atoms with E-state index in [2.05, 4.69) is 10.00 Å². The van der Waals surface area contributed by atoms with E-state index in [0.29, 0.717) is 50.2 Å². The third-order valence-electron chi connectivity index (χ3n) is 4.93. The lowest BCUT2D eigenvalue weighted by molar-refractivity contribution is -0.0963. The monoisotopic (exact) mass is 442 g/mol. The molecule has 4 rings (SSSR count). The van der Waals surface area contributed by atoms with Gasteiger partial charge in [0.05, 0.1) is 50.1 Å². The molecule has 0 amide bonds. The number of esters is 1. The maximum absolute atomic E-state index is 12.6. The van der Waals surface area contributed by atoms with E-state index in [-0.39, 0.29) is 12.1 Å². The van der Waals surface area contributed by atoms with Crippen LogP contribution in [0.1, 0.15) is 23.0 Å². The van der Waals surface area contributed by atoms with Gasteiger partial charge in [-0.15, -0.1) is 11.3 Å². The van der Waals surface area contributed by atoms with Crippen LogP contribution in [0.2, 0.25) is 0 Å². The molecule has 1 fully saturated rings. The maximum atomic E-state index is 12.6. The Kier molecular flexibility index (Phi) is 7.08. The van der Waals surface area contributed by atoms with E-state index < -0.39 is 0 Å². The molecule has 0 radical (unpaired) electrons. The van der Waals surface area contributed by atoms with Gasteiger partial charge in [0.2, 0.25) is 5.13 Å².